The van der Waals surface area contributed by atoms with Crippen LogP contribution in [-0.2, 0) is 6.42 Å². The maximum atomic E-state index is 10.4. The van der Waals surface area contributed by atoms with Crippen molar-refractivity contribution in [2.24, 2.45) is 0 Å². The Bertz CT molecular complexity index is 854. The van der Waals surface area contributed by atoms with Gasteiger partial charge < -0.3 is 10.0 Å². The number of aliphatic hydroxyl groups excluding tert-OH is 1. The van der Waals surface area contributed by atoms with Gasteiger partial charge in [-0.15, -0.1) is 0 Å². The van der Waals surface area contributed by atoms with Crippen LogP contribution in [0.25, 0.3) is 10.8 Å². The van der Waals surface area contributed by atoms with Crippen molar-refractivity contribution in [1.29, 1.82) is 0 Å². The second kappa shape index (κ2) is 8.51. The van der Waals surface area contributed by atoms with Gasteiger partial charge in [0.15, 0.2) is 0 Å². The number of benzene rings is 2. The van der Waals surface area contributed by atoms with Gasteiger partial charge >= 0.3 is 0 Å². The number of aryl methyl sites for hydroxylation is 1. The van der Waals surface area contributed by atoms with E-state index in [1.165, 1.54) is 22.0 Å². The Kier molecular flexibility index (Phi) is 5.66. The number of β-amino-alcohol motifs (C(OH)–C–C–N with tert-alkyl or cyclic N) is 1. The fourth-order valence-corrected chi connectivity index (χ4v) is 3.89. The van der Waals surface area contributed by atoms with Crippen LogP contribution in [0.5, 0.6) is 0 Å². The second-order valence-corrected chi connectivity index (χ2v) is 7.35. The van der Waals surface area contributed by atoms with Crippen LogP contribution in [0.15, 0.2) is 67.0 Å². The van der Waals surface area contributed by atoms with E-state index >= 15 is 0 Å². The molecule has 4 nitrogen and oxygen atoms in total. The molecule has 1 aromatic heterocycles. The first-order chi connectivity index (χ1) is 13.3. The zero-order valence-electron chi connectivity index (χ0n) is 15.7. The maximum Gasteiger partial charge on any atom is 0.0670 e. The summed E-state index contributed by atoms with van der Waals surface area (Å²) in [6.45, 7) is 4.66. The lowest BCUT2D eigenvalue weighted by molar-refractivity contribution is 0.102. The lowest BCUT2D eigenvalue weighted by atomic mass is 10.1. The average Bonchev–Trinajstić information content (AvgIpc) is 2.73. The molecule has 3 aromatic rings. The van der Waals surface area contributed by atoms with E-state index in [2.05, 4.69) is 63.3 Å². The molecule has 0 amide bonds. The number of rotatable bonds is 6. The zero-order valence-corrected chi connectivity index (χ0v) is 15.7. The Morgan fingerprint density at radius 2 is 1.63 bits per heavy atom. The Morgan fingerprint density at radius 1 is 0.889 bits per heavy atom. The van der Waals surface area contributed by atoms with Crippen LogP contribution in [0.2, 0.25) is 0 Å². The molecular weight excluding hydrogens is 334 g/mol. The van der Waals surface area contributed by atoms with E-state index in [0.29, 0.717) is 0 Å². The number of aliphatic hydroxyl groups is 1. The normalized spacial score (nSPS) is 16.6. The highest BCUT2D eigenvalue weighted by molar-refractivity contribution is 5.93. The minimum atomic E-state index is -0.268. The molecule has 0 spiro atoms. The lowest BCUT2D eigenvalue weighted by Gasteiger charge is -2.37. The number of anilines is 1. The molecule has 0 aliphatic carbocycles. The summed E-state index contributed by atoms with van der Waals surface area (Å²) in [7, 11) is 0. The van der Waals surface area contributed by atoms with Crippen molar-refractivity contribution in [3.63, 3.8) is 0 Å². The molecule has 140 valence electrons. The first kappa shape index (κ1) is 18.0. The summed E-state index contributed by atoms with van der Waals surface area (Å²) in [4.78, 5) is 9.21. The number of pyridine rings is 1. The van der Waals surface area contributed by atoms with Crippen molar-refractivity contribution in [2.45, 2.75) is 18.9 Å². The summed E-state index contributed by atoms with van der Waals surface area (Å²) in [6.07, 6.45) is 5.39. The first-order valence-corrected chi connectivity index (χ1v) is 9.81. The quantitative estimate of drug-likeness (QED) is 0.731. The third-order valence-corrected chi connectivity index (χ3v) is 5.44. The molecule has 27 heavy (non-hydrogen) atoms. The van der Waals surface area contributed by atoms with Crippen molar-refractivity contribution in [3.8, 4) is 0 Å². The van der Waals surface area contributed by atoms with Gasteiger partial charge in [-0.1, -0.05) is 54.6 Å². The highest BCUT2D eigenvalue weighted by Gasteiger charge is 2.20. The Balaban J connectivity index is 1.30. The fourth-order valence-electron chi connectivity index (χ4n) is 3.89. The molecule has 1 aliphatic rings. The van der Waals surface area contributed by atoms with E-state index in [-0.39, 0.29) is 6.10 Å². The Hall–Kier alpha value is -2.43. The predicted octanol–water partition coefficient (Wildman–Crippen LogP) is 3.35. The molecule has 2 aromatic carbocycles. The van der Waals surface area contributed by atoms with Crippen LogP contribution >= 0.6 is 0 Å². The van der Waals surface area contributed by atoms with Crippen LogP contribution < -0.4 is 4.90 Å². The summed E-state index contributed by atoms with van der Waals surface area (Å²) in [5.41, 5.74) is 2.52. The largest absolute Gasteiger partial charge is 0.392 e. The van der Waals surface area contributed by atoms with Gasteiger partial charge in [0.25, 0.3) is 0 Å². The predicted molar refractivity (Wildman–Crippen MR) is 111 cm³/mol. The molecule has 0 saturated carbocycles. The molecular formula is C23H27N3O. The van der Waals surface area contributed by atoms with Gasteiger partial charge in [-0.05, 0) is 18.4 Å². The maximum absolute atomic E-state index is 10.4. The number of hydrogen-bond donors (Lipinski definition) is 1. The minimum Gasteiger partial charge on any atom is -0.392 e. The SMILES string of the molecule is OC(CCc1ccccc1)CN1CCN(c2cncc3ccccc23)CC1. The zero-order chi connectivity index (χ0) is 18.5. The summed E-state index contributed by atoms with van der Waals surface area (Å²) < 4.78 is 0. The molecule has 0 bridgehead atoms. The van der Waals surface area contributed by atoms with Crippen molar-refractivity contribution < 1.29 is 5.11 Å². The first-order valence-electron chi connectivity index (χ1n) is 9.81. The molecule has 1 N–H and O–H groups in total. The number of hydrogen-bond acceptors (Lipinski definition) is 4. The number of piperazine rings is 1. The van der Waals surface area contributed by atoms with E-state index < -0.39 is 0 Å². The minimum absolute atomic E-state index is 0.268. The molecule has 0 radical (unpaired) electrons. The fraction of sp³-hybridized carbons (Fsp3) is 0.348. The summed E-state index contributed by atoms with van der Waals surface area (Å²) in [6, 6.07) is 18.8. The van der Waals surface area contributed by atoms with Crippen LogP contribution in [-0.4, -0.2) is 53.8 Å². The third-order valence-electron chi connectivity index (χ3n) is 5.44. The summed E-state index contributed by atoms with van der Waals surface area (Å²) >= 11 is 0. The lowest BCUT2D eigenvalue weighted by Crippen LogP contribution is -2.48. The average molecular weight is 361 g/mol. The van der Waals surface area contributed by atoms with Crippen LogP contribution in [0, 0.1) is 0 Å². The number of nitrogens with zero attached hydrogens (tertiary/aromatic N) is 3. The summed E-state index contributed by atoms with van der Waals surface area (Å²) in [5.74, 6) is 0. The van der Waals surface area contributed by atoms with Crippen molar-refractivity contribution in [1.82, 2.24) is 9.88 Å². The Labute approximate surface area is 161 Å². The number of fused-ring (bicyclic) bond motifs is 1. The molecule has 1 fully saturated rings. The van der Waals surface area contributed by atoms with Gasteiger partial charge in [-0.25, -0.2) is 0 Å². The smallest absolute Gasteiger partial charge is 0.0670 e. The van der Waals surface area contributed by atoms with Crippen molar-refractivity contribution >= 4 is 16.5 Å². The van der Waals surface area contributed by atoms with Crippen LogP contribution in [0.3, 0.4) is 0 Å². The monoisotopic (exact) mass is 361 g/mol. The molecule has 2 heterocycles. The molecule has 1 saturated heterocycles. The molecule has 1 unspecified atom stereocenters. The van der Waals surface area contributed by atoms with E-state index in [4.69, 9.17) is 0 Å². The van der Waals surface area contributed by atoms with E-state index in [9.17, 15) is 5.11 Å². The molecule has 4 rings (SSSR count). The number of aromatic nitrogens is 1. The summed E-state index contributed by atoms with van der Waals surface area (Å²) in [5, 5.41) is 12.9. The van der Waals surface area contributed by atoms with Gasteiger partial charge in [0.1, 0.15) is 0 Å². The van der Waals surface area contributed by atoms with Crippen molar-refractivity contribution in [3.05, 3.63) is 72.6 Å². The van der Waals surface area contributed by atoms with Gasteiger partial charge in [0.05, 0.1) is 18.0 Å². The highest BCUT2D eigenvalue weighted by atomic mass is 16.3. The third kappa shape index (κ3) is 4.46. The van der Waals surface area contributed by atoms with E-state index in [1.54, 1.807) is 0 Å². The van der Waals surface area contributed by atoms with E-state index in [0.717, 1.165) is 45.6 Å². The van der Waals surface area contributed by atoms with Crippen LogP contribution in [0.1, 0.15) is 12.0 Å². The van der Waals surface area contributed by atoms with Gasteiger partial charge in [0.2, 0.25) is 0 Å². The second-order valence-electron chi connectivity index (χ2n) is 7.35. The van der Waals surface area contributed by atoms with Gasteiger partial charge in [-0.3, -0.25) is 9.88 Å². The van der Waals surface area contributed by atoms with Gasteiger partial charge in [-0.2, -0.15) is 0 Å². The Morgan fingerprint density at radius 3 is 2.44 bits per heavy atom. The molecule has 4 heteroatoms. The standard InChI is InChI=1S/C23H27N3O/c27-21(11-10-19-6-2-1-3-7-19)18-25-12-14-26(15-13-25)23-17-24-16-20-8-4-5-9-22(20)23/h1-9,16-17,21,27H,10-15,18H2. The molecule has 1 atom stereocenters. The van der Waals surface area contributed by atoms with Crippen LogP contribution in [0.4, 0.5) is 5.69 Å². The topological polar surface area (TPSA) is 39.6 Å². The van der Waals surface area contributed by atoms with Crippen molar-refractivity contribution in [2.75, 3.05) is 37.6 Å². The molecule has 1 aliphatic heterocycles. The van der Waals surface area contributed by atoms with E-state index in [1.807, 2.05) is 18.5 Å². The van der Waals surface area contributed by atoms with Gasteiger partial charge in [0, 0.05) is 49.7 Å². The highest BCUT2D eigenvalue weighted by Crippen LogP contribution is 2.26.